The summed E-state index contributed by atoms with van der Waals surface area (Å²) in [5.74, 6) is 0.0449. The molecule has 2 fully saturated rings. The predicted octanol–water partition coefficient (Wildman–Crippen LogP) is 7.96. The molecule has 1 atom stereocenters. The zero-order valence-corrected chi connectivity index (χ0v) is 26.3. The van der Waals surface area contributed by atoms with Crippen molar-refractivity contribution in [2.45, 2.75) is 59.2 Å². The van der Waals surface area contributed by atoms with Gasteiger partial charge in [0.1, 0.15) is 5.82 Å². The minimum Gasteiger partial charge on any atom is -0.478 e. The average Bonchev–Trinajstić information content (AvgIpc) is 3.32. The Balaban J connectivity index is 0.00000180. The van der Waals surface area contributed by atoms with Gasteiger partial charge in [-0.3, -0.25) is 4.90 Å². The Morgan fingerprint density at radius 2 is 1.88 bits per heavy atom. The van der Waals surface area contributed by atoms with Gasteiger partial charge < -0.3 is 19.3 Å². The molecule has 0 bridgehead atoms. The molecule has 2 aliphatic heterocycles. The molecule has 0 amide bonds. The van der Waals surface area contributed by atoms with E-state index in [9.17, 15) is 9.90 Å². The minimum atomic E-state index is -0.924. The Morgan fingerprint density at radius 1 is 1.12 bits per heavy atom. The van der Waals surface area contributed by atoms with Crippen molar-refractivity contribution in [2.24, 2.45) is 0 Å². The van der Waals surface area contributed by atoms with Crippen LogP contribution in [0.5, 0.6) is 0 Å². The lowest BCUT2D eigenvalue weighted by Gasteiger charge is -2.30. The summed E-state index contributed by atoms with van der Waals surface area (Å²) >= 11 is 6.53. The van der Waals surface area contributed by atoms with Crippen molar-refractivity contribution in [3.8, 4) is 0 Å². The number of hydrogen-bond donors (Lipinski definition) is 1. The molecule has 0 spiro atoms. The summed E-state index contributed by atoms with van der Waals surface area (Å²) < 4.78 is 7.88. The van der Waals surface area contributed by atoms with Crippen LogP contribution in [0.1, 0.15) is 60.4 Å². The zero-order chi connectivity index (χ0) is 30.5. The van der Waals surface area contributed by atoms with E-state index in [4.69, 9.17) is 21.3 Å². The van der Waals surface area contributed by atoms with Crippen molar-refractivity contribution < 1.29 is 14.6 Å². The van der Waals surface area contributed by atoms with E-state index < -0.39 is 5.97 Å². The molecule has 2 saturated heterocycles. The molecule has 7 nitrogen and oxygen atoms in total. The van der Waals surface area contributed by atoms with E-state index in [2.05, 4.69) is 56.8 Å². The fraction of sp³-hybridized carbons (Fsp3) is 0.371. The topological polar surface area (TPSA) is 70.8 Å². The molecule has 43 heavy (non-hydrogen) atoms. The van der Waals surface area contributed by atoms with E-state index in [1.54, 1.807) is 12.1 Å². The Labute approximate surface area is 259 Å². The molecular weight excluding hydrogens is 560 g/mol. The number of hydrogen-bond acceptors (Lipinski definition) is 5. The highest BCUT2D eigenvalue weighted by Gasteiger charge is 2.24. The van der Waals surface area contributed by atoms with Crippen LogP contribution < -0.4 is 4.90 Å². The third-order valence-electron chi connectivity index (χ3n) is 8.21. The Hall–Kier alpha value is -3.65. The number of ether oxygens (including phenoxy) is 1. The number of rotatable bonds is 8. The van der Waals surface area contributed by atoms with Crippen LogP contribution in [-0.4, -0.2) is 58.4 Å². The van der Waals surface area contributed by atoms with Crippen molar-refractivity contribution in [3.05, 3.63) is 93.8 Å². The van der Waals surface area contributed by atoms with Gasteiger partial charge in [-0.2, -0.15) is 0 Å². The molecule has 3 aromatic carbocycles. The predicted molar refractivity (Wildman–Crippen MR) is 176 cm³/mol. The molecular formula is C35H41ClN4O3. The number of carbonyl (C=O) groups is 1. The summed E-state index contributed by atoms with van der Waals surface area (Å²) in [7, 11) is 2.05. The van der Waals surface area contributed by atoms with Crippen LogP contribution in [0.15, 0.2) is 66.2 Å². The highest BCUT2D eigenvalue weighted by molar-refractivity contribution is 6.33. The average molecular weight is 601 g/mol. The fourth-order valence-electron chi connectivity index (χ4n) is 5.69. The first kappa shape index (κ1) is 30.8. The van der Waals surface area contributed by atoms with Gasteiger partial charge in [-0.05, 0) is 79.8 Å². The largest absolute Gasteiger partial charge is 0.478 e. The first-order valence-corrected chi connectivity index (χ1v) is 15.6. The van der Waals surface area contributed by atoms with Crippen LogP contribution in [0.3, 0.4) is 0 Å². The van der Waals surface area contributed by atoms with Gasteiger partial charge in [-0.1, -0.05) is 55.3 Å². The molecule has 4 aromatic rings. The van der Waals surface area contributed by atoms with Crippen LogP contribution in [-0.2, 0) is 17.8 Å². The number of halogens is 1. The molecule has 3 heterocycles. The molecule has 0 aliphatic carbocycles. The number of imidazole rings is 1. The normalized spacial score (nSPS) is 16.8. The fourth-order valence-corrected chi connectivity index (χ4v) is 6.05. The maximum atomic E-state index is 11.6. The third kappa shape index (κ3) is 7.12. The maximum absolute atomic E-state index is 11.6. The molecule has 8 heteroatoms. The first-order chi connectivity index (χ1) is 20.8. The maximum Gasteiger partial charge on any atom is 0.335 e. The Bertz CT molecular complexity index is 1610. The van der Waals surface area contributed by atoms with E-state index in [1.807, 2.05) is 40.0 Å². The number of nitrogens with zero attached hydrogens (tertiary/aromatic N) is 4. The first-order valence-electron chi connectivity index (χ1n) is 15.2. The molecule has 2 aliphatic rings. The second kappa shape index (κ2) is 13.8. The van der Waals surface area contributed by atoms with E-state index >= 15 is 0 Å². The van der Waals surface area contributed by atoms with Crippen molar-refractivity contribution in [1.82, 2.24) is 14.5 Å². The van der Waals surface area contributed by atoms with Gasteiger partial charge in [-0.25, -0.2) is 9.78 Å². The lowest BCUT2D eigenvalue weighted by molar-refractivity contribution is -0.0592. The Morgan fingerprint density at radius 3 is 2.56 bits per heavy atom. The number of anilines is 2. The molecule has 1 aromatic heterocycles. The zero-order valence-electron chi connectivity index (χ0n) is 25.5. The summed E-state index contributed by atoms with van der Waals surface area (Å²) in [4.78, 5) is 21.1. The molecule has 1 unspecified atom stereocenters. The number of aromatic carboxylic acids is 1. The third-order valence-corrected chi connectivity index (χ3v) is 8.51. The van der Waals surface area contributed by atoms with E-state index in [0.29, 0.717) is 6.54 Å². The number of aryl methyl sites for hydroxylation is 1. The lowest BCUT2D eigenvalue weighted by atomic mass is 10.0. The van der Waals surface area contributed by atoms with Crippen LogP contribution >= 0.6 is 11.6 Å². The molecule has 1 N–H and O–H groups in total. The second-order valence-corrected chi connectivity index (χ2v) is 11.5. The summed E-state index contributed by atoms with van der Waals surface area (Å²) in [6.07, 6.45) is 5.50. The Kier molecular flexibility index (Phi) is 9.86. The van der Waals surface area contributed by atoms with Gasteiger partial charge in [0, 0.05) is 32.4 Å². The van der Waals surface area contributed by atoms with Gasteiger partial charge in [0.2, 0.25) is 0 Å². The highest BCUT2D eigenvalue weighted by atomic mass is 35.5. The van der Waals surface area contributed by atoms with Gasteiger partial charge in [0.05, 0.1) is 46.5 Å². The number of fused-ring (bicyclic) bond motifs is 1. The van der Waals surface area contributed by atoms with Crippen LogP contribution in [0.4, 0.5) is 11.4 Å². The monoisotopic (exact) mass is 600 g/mol. The van der Waals surface area contributed by atoms with Crippen LogP contribution in [0.2, 0.25) is 5.02 Å². The minimum absolute atomic E-state index is 0.160. The summed E-state index contributed by atoms with van der Waals surface area (Å²) in [5, 5.41) is 10.3. The lowest BCUT2D eigenvalue weighted by Crippen LogP contribution is -2.34. The van der Waals surface area contributed by atoms with Gasteiger partial charge >= 0.3 is 5.97 Å². The SMILES string of the molecule is CC.Cc1ccc(N(C)c2cccc(C=C3CCN(Cc4nc5ccc(C(=O)O)cc5n4CC4CCO4)CC3)c2)c(Cl)c1. The number of piperidine rings is 1. The summed E-state index contributed by atoms with van der Waals surface area (Å²) in [5.41, 5.74) is 7.85. The quantitative estimate of drug-likeness (QED) is 0.221. The van der Waals surface area contributed by atoms with Gasteiger partial charge in [-0.15, -0.1) is 0 Å². The number of carboxylic acids is 1. The van der Waals surface area contributed by atoms with Gasteiger partial charge in [0.15, 0.2) is 0 Å². The van der Waals surface area contributed by atoms with E-state index in [1.165, 1.54) is 11.1 Å². The van der Waals surface area contributed by atoms with Crippen molar-refractivity contribution >= 4 is 46.1 Å². The standard InChI is InChI=1S/C33H35ClN4O3.C2H6/c1-22-6-9-30(28(34)16-22)36(2)26-5-3-4-24(18-26)17-23-10-13-37(14-11-23)21-32-35-29-8-7-25(33(39)40)19-31(29)38(32)20-27-12-15-41-27;1-2/h3-9,16-19,27H,10-15,20-21H2,1-2H3,(H,39,40);1-2H3. The van der Waals surface area contributed by atoms with Crippen LogP contribution in [0.25, 0.3) is 17.1 Å². The smallest absolute Gasteiger partial charge is 0.335 e. The van der Waals surface area contributed by atoms with Gasteiger partial charge in [0.25, 0.3) is 0 Å². The number of likely N-dealkylation sites (tertiary alicyclic amines) is 1. The second-order valence-electron chi connectivity index (χ2n) is 11.1. The number of benzene rings is 3. The van der Waals surface area contributed by atoms with E-state index in [-0.39, 0.29) is 11.7 Å². The highest BCUT2D eigenvalue weighted by Crippen LogP contribution is 2.32. The molecule has 0 radical (unpaired) electrons. The molecule has 6 rings (SSSR count). The van der Waals surface area contributed by atoms with Crippen molar-refractivity contribution in [1.29, 1.82) is 0 Å². The number of carboxylic acid groups (broad SMARTS) is 1. The van der Waals surface area contributed by atoms with E-state index in [0.717, 1.165) is 84.3 Å². The summed E-state index contributed by atoms with van der Waals surface area (Å²) in [6.45, 7) is 10.2. The molecule has 0 saturated carbocycles. The van der Waals surface area contributed by atoms with Crippen LogP contribution in [0, 0.1) is 6.92 Å². The van der Waals surface area contributed by atoms with Crippen molar-refractivity contribution in [2.75, 3.05) is 31.6 Å². The molecule has 226 valence electrons. The van der Waals surface area contributed by atoms with Crippen molar-refractivity contribution in [3.63, 3.8) is 0 Å². The summed E-state index contributed by atoms with van der Waals surface area (Å²) in [6, 6.07) is 19.9. The number of aromatic nitrogens is 2.